The van der Waals surface area contributed by atoms with Gasteiger partial charge in [-0.05, 0) is 25.2 Å². The fourth-order valence-corrected chi connectivity index (χ4v) is 2.23. The molecule has 106 valence electrons. The van der Waals surface area contributed by atoms with E-state index in [1.54, 1.807) is 0 Å². The summed E-state index contributed by atoms with van der Waals surface area (Å²) in [4.78, 5) is 8.87. The molecule has 0 bridgehead atoms. The molecular weight excluding hydrogens is 240 g/mol. The van der Waals surface area contributed by atoms with Crippen LogP contribution >= 0.6 is 0 Å². The van der Waals surface area contributed by atoms with E-state index in [1.807, 2.05) is 20.0 Å². The first-order valence-corrected chi connectivity index (χ1v) is 7.02. The van der Waals surface area contributed by atoms with Gasteiger partial charge in [-0.1, -0.05) is 13.3 Å². The first-order valence-electron chi connectivity index (χ1n) is 7.02. The molecule has 5 heteroatoms. The maximum absolute atomic E-state index is 5.37. The van der Waals surface area contributed by atoms with E-state index >= 15 is 0 Å². The molecule has 1 saturated carbocycles. The molecule has 19 heavy (non-hydrogen) atoms. The molecule has 2 N–H and O–H groups in total. The molecule has 5 nitrogen and oxygen atoms in total. The number of nitrogens with zero attached hydrogens (tertiary/aromatic N) is 2. The van der Waals surface area contributed by atoms with Crippen molar-refractivity contribution in [1.29, 1.82) is 0 Å². The zero-order valence-corrected chi connectivity index (χ0v) is 12.1. The Kier molecular flexibility index (Phi) is 4.58. The van der Waals surface area contributed by atoms with Gasteiger partial charge in [-0.25, -0.2) is 9.97 Å². The van der Waals surface area contributed by atoms with Crippen LogP contribution in [0.3, 0.4) is 0 Å². The van der Waals surface area contributed by atoms with Gasteiger partial charge in [0.15, 0.2) is 5.82 Å². The fraction of sp³-hybridized carbons (Fsp3) is 0.714. The van der Waals surface area contributed by atoms with Gasteiger partial charge in [0.05, 0.1) is 0 Å². The van der Waals surface area contributed by atoms with Gasteiger partial charge in [-0.3, -0.25) is 0 Å². The second-order valence-corrected chi connectivity index (χ2v) is 5.46. The third kappa shape index (κ3) is 3.80. The Balaban J connectivity index is 2.01. The average Bonchev–Trinajstić information content (AvgIpc) is 2.40. The van der Waals surface area contributed by atoms with Crippen molar-refractivity contribution in [2.75, 3.05) is 30.8 Å². The quantitative estimate of drug-likeness (QED) is 0.793. The first kappa shape index (κ1) is 14.1. The molecule has 0 aromatic carbocycles. The largest absolute Gasteiger partial charge is 0.374 e. The summed E-state index contributed by atoms with van der Waals surface area (Å²) in [5, 5.41) is 6.49. The Morgan fingerprint density at radius 3 is 2.63 bits per heavy atom. The van der Waals surface area contributed by atoms with Crippen LogP contribution in [0.15, 0.2) is 6.07 Å². The van der Waals surface area contributed by atoms with Gasteiger partial charge in [-0.15, -0.1) is 0 Å². The highest BCUT2D eigenvalue weighted by molar-refractivity contribution is 5.47. The van der Waals surface area contributed by atoms with Crippen molar-refractivity contribution in [3.8, 4) is 0 Å². The molecule has 1 aromatic rings. The van der Waals surface area contributed by atoms with Crippen LogP contribution in [-0.4, -0.2) is 30.2 Å². The Bertz CT molecular complexity index is 418. The van der Waals surface area contributed by atoms with E-state index in [0.717, 1.165) is 24.0 Å². The van der Waals surface area contributed by atoms with E-state index in [1.165, 1.54) is 19.3 Å². The minimum absolute atomic E-state index is 0.435. The summed E-state index contributed by atoms with van der Waals surface area (Å²) in [5.74, 6) is 2.42. The predicted molar refractivity (Wildman–Crippen MR) is 77.4 cm³/mol. The fourth-order valence-electron chi connectivity index (χ4n) is 2.23. The lowest BCUT2D eigenvalue weighted by atomic mass is 9.70. The van der Waals surface area contributed by atoms with Crippen molar-refractivity contribution in [3.05, 3.63) is 11.9 Å². The summed E-state index contributed by atoms with van der Waals surface area (Å²) in [6, 6.07) is 1.94. The minimum Gasteiger partial charge on any atom is -0.374 e. The molecular formula is C14H24N4O. The van der Waals surface area contributed by atoms with Gasteiger partial charge < -0.3 is 15.4 Å². The molecule has 0 atom stereocenters. The number of hydrogen-bond donors (Lipinski definition) is 2. The summed E-state index contributed by atoms with van der Waals surface area (Å²) in [7, 11) is 1.86. The highest BCUT2D eigenvalue weighted by atomic mass is 16.5. The topological polar surface area (TPSA) is 59.1 Å². The maximum Gasteiger partial charge on any atom is 0.158 e. The van der Waals surface area contributed by atoms with Crippen molar-refractivity contribution in [1.82, 2.24) is 9.97 Å². The number of hydrogen-bond acceptors (Lipinski definition) is 5. The molecule has 0 spiro atoms. The molecule has 1 fully saturated rings. The SMILES string of the molecule is CCOCc1nc(NC)cc(NCC2(C)CCC2)n1. The molecule has 0 aliphatic heterocycles. The smallest absolute Gasteiger partial charge is 0.158 e. The van der Waals surface area contributed by atoms with Gasteiger partial charge in [0.25, 0.3) is 0 Å². The van der Waals surface area contributed by atoms with Crippen LogP contribution in [-0.2, 0) is 11.3 Å². The normalized spacial score (nSPS) is 16.8. The van der Waals surface area contributed by atoms with E-state index < -0.39 is 0 Å². The third-order valence-electron chi connectivity index (χ3n) is 3.72. The summed E-state index contributed by atoms with van der Waals surface area (Å²) < 4.78 is 5.37. The Hall–Kier alpha value is -1.36. The van der Waals surface area contributed by atoms with Crippen LogP contribution in [0.1, 0.15) is 38.9 Å². The highest BCUT2D eigenvalue weighted by Gasteiger charge is 2.31. The third-order valence-corrected chi connectivity index (χ3v) is 3.72. The van der Waals surface area contributed by atoms with E-state index in [0.29, 0.717) is 18.6 Å². The van der Waals surface area contributed by atoms with Gasteiger partial charge >= 0.3 is 0 Å². The predicted octanol–water partition coefficient (Wildman–Crippen LogP) is 2.66. The van der Waals surface area contributed by atoms with E-state index in [2.05, 4.69) is 27.5 Å². The van der Waals surface area contributed by atoms with Crippen LogP contribution in [0, 0.1) is 5.41 Å². The van der Waals surface area contributed by atoms with Crippen LogP contribution in [0.4, 0.5) is 11.6 Å². The second-order valence-electron chi connectivity index (χ2n) is 5.46. The summed E-state index contributed by atoms with van der Waals surface area (Å²) in [5.41, 5.74) is 0.435. The molecule has 1 aromatic heterocycles. The number of anilines is 2. The summed E-state index contributed by atoms with van der Waals surface area (Å²) in [6.07, 6.45) is 3.95. The second kappa shape index (κ2) is 6.19. The van der Waals surface area contributed by atoms with Crippen LogP contribution in [0.5, 0.6) is 0 Å². The monoisotopic (exact) mass is 264 g/mol. The zero-order valence-electron chi connectivity index (χ0n) is 12.1. The van der Waals surface area contributed by atoms with Crippen LogP contribution in [0.25, 0.3) is 0 Å². The van der Waals surface area contributed by atoms with Gasteiger partial charge in [-0.2, -0.15) is 0 Å². The minimum atomic E-state index is 0.435. The lowest BCUT2D eigenvalue weighted by molar-refractivity contribution is 0.128. The Labute approximate surface area is 115 Å². The lowest BCUT2D eigenvalue weighted by Crippen LogP contribution is -2.33. The number of nitrogens with one attached hydrogen (secondary N) is 2. The standard InChI is InChI=1S/C14H24N4O/c1-4-19-9-13-17-11(15-3)8-12(18-13)16-10-14(2)6-5-7-14/h8H,4-7,9-10H2,1-3H3,(H2,15,16,17,18). The Morgan fingerprint density at radius 2 is 2.05 bits per heavy atom. The molecule has 0 radical (unpaired) electrons. The van der Waals surface area contributed by atoms with E-state index in [-0.39, 0.29) is 0 Å². The van der Waals surface area contributed by atoms with Crippen molar-refractivity contribution in [2.24, 2.45) is 5.41 Å². The Morgan fingerprint density at radius 1 is 1.32 bits per heavy atom. The molecule has 1 aliphatic carbocycles. The number of aromatic nitrogens is 2. The van der Waals surface area contributed by atoms with Crippen molar-refractivity contribution >= 4 is 11.6 Å². The average molecular weight is 264 g/mol. The first-order chi connectivity index (χ1) is 9.15. The summed E-state index contributed by atoms with van der Waals surface area (Å²) in [6.45, 7) is 6.40. The van der Waals surface area contributed by atoms with E-state index in [4.69, 9.17) is 4.74 Å². The van der Waals surface area contributed by atoms with Crippen LogP contribution in [0.2, 0.25) is 0 Å². The van der Waals surface area contributed by atoms with Crippen molar-refractivity contribution in [3.63, 3.8) is 0 Å². The van der Waals surface area contributed by atoms with Crippen molar-refractivity contribution in [2.45, 2.75) is 39.7 Å². The van der Waals surface area contributed by atoms with Crippen LogP contribution < -0.4 is 10.6 Å². The molecule has 1 heterocycles. The zero-order chi connectivity index (χ0) is 13.7. The van der Waals surface area contributed by atoms with Gasteiger partial charge in [0.1, 0.15) is 18.2 Å². The molecule has 0 unspecified atom stereocenters. The summed E-state index contributed by atoms with van der Waals surface area (Å²) >= 11 is 0. The van der Waals surface area contributed by atoms with Gasteiger partial charge in [0.2, 0.25) is 0 Å². The number of ether oxygens (including phenoxy) is 1. The number of rotatable bonds is 7. The lowest BCUT2D eigenvalue weighted by Gasteiger charge is -2.38. The molecule has 2 rings (SSSR count). The van der Waals surface area contributed by atoms with E-state index in [9.17, 15) is 0 Å². The van der Waals surface area contributed by atoms with Crippen molar-refractivity contribution < 1.29 is 4.74 Å². The molecule has 0 amide bonds. The maximum atomic E-state index is 5.37. The highest BCUT2D eigenvalue weighted by Crippen LogP contribution is 2.40. The van der Waals surface area contributed by atoms with Gasteiger partial charge in [0, 0.05) is 26.3 Å². The molecule has 1 aliphatic rings. The molecule has 0 saturated heterocycles.